The summed E-state index contributed by atoms with van der Waals surface area (Å²) < 4.78 is 28.5. The van der Waals surface area contributed by atoms with E-state index < -0.39 is 5.97 Å². The maximum atomic E-state index is 14.3. The number of hydrogen-bond acceptors (Lipinski definition) is 9. The van der Waals surface area contributed by atoms with Crippen LogP contribution in [0.3, 0.4) is 0 Å². The number of benzene rings is 3. The van der Waals surface area contributed by atoms with Gasteiger partial charge in [0, 0.05) is 24.2 Å². The summed E-state index contributed by atoms with van der Waals surface area (Å²) in [7, 11) is 8.59. The van der Waals surface area contributed by atoms with Crippen LogP contribution in [0.5, 0.6) is 23.0 Å². The van der Waals surface area contributed by atoms with Gasteiger partial charge in [-0.15, -0.1) is 11.8 Å². The Morgan fingerprint density at radius 1 is 0.943 bits per heavy atom. The zero-order chi connectivity index (χ0) is 37.3. The number of carbonyl (C=O) groups is 3. The first-order valence-electron chi connectivity index (χ1n) is 17.7. The predicted molar refractivity (Wildman–Crippen MR) is 201 cm³/mol. The van der Waals surface area contributed by atoms with Gasteiger partial charge in [0.25, 0.3) is 5.91 Å². The second-order valence-electron chi connectivity index (χ2n) is 14.0. The Morgan fingerprint density at radius 3 is 2.25 bits per heavy atom. The molecular formula is C39H42BClN3O8S+. The first-order chi connectivity index (χ1) is 25.7. The van der Waals surface area contributed by atoms with Gasteiger partial charge >= 0.3 is 14.0 Å². The summed E-state index contributed by atoms with van der Waals surface area (Å²) in [6.45, 7) is 5.59. The van der Waals surface area contributed by atoms with Crippen LogP contribution < -0.4 is 18.9 Å². The van der Waals surface area contributed by atoms with Crippen LogP contribution in [0.1, 0.15) is 41.3 Å². The number of ether oxygens (including phenoxy) is 4. The molecule has 0 spiro atoms. The number of rotatable bonds is 12. The molecule has 2 radical (unpaired) electrons. The fourth-order valence-electron chi connectivity index (χ4n) is 7.96. The highest BCUT2D eigenvalue weighted by Gasteiger charge is 2.54. The summed E-state index contributed by atoms with van der Waals surface area (Å²) in [5.74, 6) is 1.71. The van der Waals surface area contributed by atoms with Crippen LogP contribution >= 0.6 is 23.4 Å². The van der Waals surface area contributed by atoms with Gasteiger partial charge in [0.05, 0.1) is 62.3 Å². The molecule has 276 valence electrons. The molecule has 14 heteroatoms. The number of thioether (sulfide) groups is 1. The van der Waals surface area contributed by atoms with Crippen molar-refractivity contribution in [3.05, 3.63) is 93.6 Å². The summed E-state index contributed by atoms with van der Waals surface area (Å²) in [6.07, 6.45) is 1.93. The summed E-state index contributed by atoms with van der Waals surface area (Å²) in [6, 6.07) is 18.7. The van der Waals surface area contributed by atoms with Crippen molar-refractivity contribution in [1.29, 1.82) is 0 Å². The fraction of sp³-hybridized carbons (Fsp3) is 0.410. The molecule has 3 fully saturated rings. The summed E-state index contributed by atoms with van der Waals surface area (Å²) in [5, 5.41) is 0.101. The number of nitrogens with zero attached hydrogens (tertiary/aromatic N) is 3. The summed E-state index contributed by atoms with van der Waals surface area (Å²) in [4.78, 5) is 43.4. The van der Waals surface area contributed by atoms with Gasteiger partial charge in [0.1, 0.15) is 43.0 Å². The van der Waals surface area contributed by atoms with E-state index in [0.29, 0.717) is 54.7 Å². The lowest BCUT2D eigenvalue weighted by molar-refractivity contribution is -0.938. The van der Waals surface area contributed by atoms with Gasteiger partial charge in [0.2, 0.25) is 5.91 Å². The van der Waals surface area contributed by atoms with Gasteiger partial charge in [-0.05, 0) is 47.5 Å². The second-order valence-corrected chi connectivity index (χ2v) is 15.4. The van der Waals surface area contributed by atoms with E-state index >= 15 is 0 Å². The first-order valence-corrected chi connectivity index (χ1v) is 19.2. The van der Waals surface area contributed by atoms with E-state index in [2.05, 4.69) is 4.65 Å². The van der Waals surface area contributed by atoms with E-state index in [1.54, 1.807) is 43.0 Å². The van der Waals surface area contributed by atoms with Crippen LogP contribution in [-0.2, 0) is 27.5 Å². The molecule has 4 heterocycles. The van der Waals surface area contributed by atoms with Crippen LogP contribution in [0.25, 0.3) is 0 Å². The third kappa shape index (κ3) is 7.18. The Kier molecular flexibility index (Phi) is 10.9. The van der Waals surface area contributed by atoms with Gasteiger partial charge in [-0.1, -0.05) is 42.8 Å². The number of halogens is 1. The number of quaternary nitrogens is 1. The third-order valence-corrected chi connectivity index (χ3v) is 12.8. The van der Waals surface area contributed by atoms with Crippen molar-refractivity contribution in [2.45, 2.75) is 44.4 Å². The molecule has 3 aromatic rings. The highest BCUT2D eigenvalue weighted by atomic mass is 35.5. The molecule has 0 aromatic heterocycles. The Bertz CT molecular complexity index is 1910. The Hall–Kier alpha value is -4.33. The molecule has 3 aromatic carbocycles. The summed E-state index contributed by atoms with van der Waals surface area (Å²) in [5.41, 5.74) is 3.32. The van der Waals surface area contributed by atoms with Crippen LogP contribution in [0, 0.1) is 5.92 Å². The predicted octanol–water partition coefficient (Wildman–Crippen LogP) is 5.38. The Balaban J connectivity index is 1.11. The van der Waals surface area contributed by atoms with E-state index in [1.165, 1.54) is 0 Å². The minimum atomic E-state index is -0.676. The highest BCUT2D eigenvalue weighted by Crippen LogP contribution is 2.46. The van der Waals surface area contributed by atoms with Crippen molar-refractivity contribution >= 4 is 49.2 Å². The van der Waals surface area contributed by atoms with Crippen molar-refractivity contribution in [2.24, 2.45) is 5.92 Å². The minimum absolute atomic E-state index is 0.0850. The van der Waals surface area contributed by atoms with Gasteiger partial charge in [-0.2, -0.15) is 0 Å². The van der Waals surface area contributed by atoms with Crippen molar-refractivity contribution in [1.82, 2.24) is 9.80 Å². The molecular weight excluding hydrogens is 717 g/mol. The number of piperazine rings is 1. The number of hydrogen-bond donors (Lipinski definition) is 0. The molecule has 2 amide bonds. The molecule has 4 aliphatic rings. The second kappa shape index (κ2) is 15.6. The molecule has 4 aliphatic heterocycles. The van der Waals surface area contributed by atoms with E-state index in [4.69, 9.17) is 38.6 Å². The Labute approximate surface area is 320 Å². The normalized spacial score (nSPS) is 23.5. The lowest BCUT2D eigenvalue weighted by atomic mass is 9.97. The van der Waals surface area contributed by atoms with Gasteiger partial charge in [-0.3, -0.25) is 14.5 Å². The number of amides is 2. The molecule has 3 saturated heterocycles. The minimum Gasteiger partial charge on any atom is -0.539 e. The van der Waals surface area contributed by atoms with Crippen LogP contribution in [0.2, 0.25) is 5.02 Å². The molecule has 0 unspecified atom stereocenters. The monoisotopic (exact) mass is 758 g/mol. The lowest BCUT2D eigenvalue weighted by Crippen LogP contribution is -2.65. The maximum Gasteiger partial charge on any atom is 0.378 e. The first kappa shape index (κ1) is 37.0. The molecule has 11 nitrogen and oxygen atoms in total. The SMILES string of the molecule is [B]OC(=O)C1=C(C[N@+]23CCC[C@H]2CN(C(=O)c2ccc(OCc4ccc(OC)cc4)c(OCc4ccc(OC)cc4)c2Cl)CC3)CS[C@@H]2[C@H](C)C(=O)N12. The van der Waals surface area contributed by atoms with Crippen LogP contribution in [0.15, 0.2) is 71.9 Å². The molecule has 0 N–H and O–H groups in total. The lowest BCUT2D eigenvalue weighted by Gasteiger charge is -2.51. The number of β-lactam (4-membered cyclic amide) rings is 1. The number of carbonyl (C=O) groups excluding carboxylic acids is 3. The number of methoxy groups -OCH3 is 2. The fourth-order valence-corrected chi connectivity index (χ4v) is 9.62. The van der Waals surface area contributed by atoms with Crippen molar-refractivity contribution in [3.63, 3.8) is 0 Å². The summed E-state index contributed by atoms with van der Waals surface area (Å²) >= 11 is 8.73. The molecule has 7 rings (SSSR count). The molecule has 4 atom stereocenters. The van der Waals surface area contributed by atoms with Crippen molar-refractivity contribution in [2.75, 3.05) is 52.7 Å². The van der Waals surface area contributed by atoms with E-state index in [1.807, 2.05) is 60.4 Å². The van der Waals surface area contributed by atoms with Crippen LogP contribution in [-0.4, -0.2) is 104 Å². The van der Waals surface area contributed by atoms with E-state index in [-0.39, 0.29) is 47.4 Å². The Morgan fingerprint density at radius 2 is 1.60 bits per heavy atom. The van der Waals surface area contributed by atoms with Crippen LogP contribution in [0.4, 0.5) is 0 Å². The number of fused-ring (bicyclic) bond motifs is 2. The topological polar surface area (TPSA) is 104 Å². The molecule has 0 bridgehead atoms. The average molecular weight is 759 g/mol. The molecule has 0 aliphatic carbocycles. The zero-order valence-electron chi connectivity index (χ0n) is 30.0. The standard InChI is InChI=1S/C39H42BClN3O8S/c1-24-36(45)43-34(39(47)52-40)27(23-53-38(24)43)20-44-17-4-5-28(44)19-42(16-18-44)37(46)31-14-15-32(50-21-25-6-10-29(48-2)11-7-25)35(33(31)41)51-22-26-8-12-30(49-3)13-9-26/h6-15,24,28,38H,4-5,16-23H2,1-3H3/q+1/t24-,28+,38-,44-/m1/s1. The van der Waals surface area contributed by atoms with Crippen molar-refractivity contribution < 1.29 is 42.5 Å². The largest absolute Gasteiger partial charge is 0.539 e. The zero-order valence-corrected chi connectivity index (χ0v) is 31.6. The van der Waals surface area contributed by atoms with Gasteiger partial charge in [0.15, 0.2) is 11.5 Å². The molecule has 53 heavy (non-hydrogen) atoms. The smallest absolute Gasteiger partial charge is 0.378 e. The quantitative estimate of drug-likeness (QED) is 0.137. The van der Waals surface area contributed by atoms with Crippen molar-refractivity contribution in [3.8, 4) is 23.0 Å². The van der Waals surface area contributed by atoms with Gasteiger partial charge < -0.3 is 33.0 Å². The molecule has 0 saturated carbocycles. The van der Waals surface area contributed by atoms with E-state index in [9.17, 15) is 14.4 Å². The maximum absolute atomic E-state index is 14.3. The average Bonchev–Trinajstić information content (AvgIpc) is 3.61. The van der Waals surface area contributed by atoms with Gasteiger partial charge in [-0.25, -0.2) is 4.79 Å². The van der Waals surface area contributed by atoms with E-state index in [0.717, 1.165) is 52.1 Å². The highest BCUT2D eigenvalue weighted by molar-refractivity contribution is 8.00. The third-order valence-electron chi connectivity index (χ3n) is 11.0.